The Kier molecular flexibility index (Phi) is 6.31. The summed E-state index contributed by atoms with van der Waals surface area (Å²) in [6.07, 6.45) is 7.50. The number of nitrogens with zero attached hydrogens (tertiary/aromatic N) is 4. The lowest BCUT2D eigenvalue weighted by atomic mass is 9.84. The number of imidazole rings is 1. The highest BCUT2D eigenvalue weighted by atomic mass is 16.2. The van der Waals surface area contributed by atoms with Crippen LogP contribution in [0, 0.1) is 11.8 Å². The van der Waals surface area contributed by atoms with Crippen molar-refractivity contribution in [2.75, 3.05) is 32.7 Å². The molecule has 7 heteroatoms. The van der Waals surface area contributed by atoms with Crippen molar-refractivity contribution in [3.8, 4) is 0 Å². The number of carbonyl (C=O) groups is 1. The Bertz CT molecular complexity index is 1140. The van der Waals surface area contributed by atoms with E-state index in [9.17, 15) is 9.59 Å². The highest BCUT2D eigenvalue weighted by Gasteiger charge is 2.29. The van der Waals surface area contributed by atoms with Crippen LogP contribution in [-0.4, -0.2) is 63.0 Å². The fraction of sp³-hybridized carbons (Fsp3) is 0.500. The topological polar surface area (TPSA) is 74.2 Å². The van der Waals surface area contributed by atoms with E-state index in [2.05, 4.69) is 21.8 Å². The third-order valence-corrected chi connectivity index (χ3v) is 7.63. The molecular weight excluding hydrogens is 414 g/mol. The molecule has 4 heterocycles. The fourth-order valence-electron chi connectivity index (χ4n) is 5.70. The van der Waals surface area contributed by atoms with Crippen molar-refractivity contribution in [1.82, 2.24) is 24.3 Å². The summed E-state index contributed by atoms with van der Waals surface area (Å²) >= 11 is 0. The van der Waals surface area contributed by atoms with Crippen LogP contribution >= 0.6 is 0 Å². The lowest BCUT2D eigenvalue weighted by Crippen LogP contribution is -2.43. The van der Waals surface area contributed by atoms with E-state index in [-0.39, 0.29) is 17.6 Å². The smallest absolute Gasteiger partial charge is 0.326 e. The summed E-state index contributed by atoms with van der Waals surface area (Å²) in [7, 11) is 0. The summed E-state index contributed by atoms with van der Waals surface area (Å²) in [5.74, 6) is 1.36. The number of pyridine rings is 1. The number of nitrogens with one attached hydrogen (secondary N) is 1. The van der Waals surface area contributed by atoms with Gasteiger partial charge in [0.25, 0.3) is 5.91 Å². The summed E-state index contributed by atoms with van der Waals surface area (Å²) in [6.45, 7) is 7.16. The minimum absolute atomic E-state index is 0.00982. The lowest BCUT2D eigenvalue weighted by molar-refractivity contribution is 0.0632. The highest BCUT2D eigenvalue weighted by Crippen LogP contribution is 2.29. The predicted octanol–water partition coefficient (Wildman–Crippen LogP) is 3.55. The van der Waals surface area contributed by atoms with Gasteiger partial charge in [-0.2, -0.15) is 0 Å². The van der Waals surface area contributed by atoms with Gasteiger partial charge in [0.05, 0.1) is 16.6 Å². The fourth-order valence-corrected chi connectivity index (χ4v) is 5.70. The van der Waals surface area contributed by atoms with Crippen LogP contribution in [0.3, 0.4) is 0 Å². The van der Waals surface area contributed by atoms with E-state index >= 15 is 0 Å². The molecule has 2 fully saturated rings. The van der Waals surface area contributed by atoms with Gasteiger partial charge in [-0.1, -0.05) is 19.1 Å². The number of likely N-dealkylation sites (tertiary alicyclic amines) is 2. The van der Waals surface area contributed by atoms with Gasteiger partial charge in [-0.15, -0.1) is 0 Å². The molecule has 2 aliphatic heterocycles. The van der Waals surface area contributed by atoms with Crippen LogP contribution < -0.4 is 5.69 Å². The van der Waals surface area contributed by atoms with Gasteiger partial charge in [0.2, 0.25) is 0 Å². The molecule has 1 N–H and O–H groups in total. The van der Waals surface area contributed by atoms with Crippen molar-refractivity contribution in [3.05, 3.63) is 64.8 Å². The van der Waals surface area contributed by atoms with E-state index in [1.54, 1.807) is 12.4 Å². The molecule has 33 heavy (non-hydrogen) atoms. The van der Waals surface area contributed by atoms with Crippen LogP contribution in [0.1, 0.15) is 49.0 Å². The molecule has 7 nitrogen and oxygen atoms in total. The number of hydrogen-bond acceptors (Lipinski definition) is 4. The zero-order valence-electron chi connectivity index (χ0n) is 19.3. The number of rotatable bonds is 5. The average molecular weight is 448 g/mol. The summed E-state index contributed by atoms with van der Waals surface area (Å²) in [6, 6.07) is 11.9. The molecule has 1 amide bonds. The molecule has 0 saturated carbocycles. The second kappa shape index (κ2) is 9.51. The summed E-state index contributed by atoms with van der Waals surface area (Å²) < 4.78 is 1.96. The Balaban J connectivity index is 1.12. The number of carbonyl (C=O) groups excluding carboxylic acids is 1. The van der Waals surface area contributed by atoms with E-state index in [1.807, 2.05) is 45.9 Å². The van der Waals surface area contributed by atoms with Gasteiger partial charge in [0, 0.05) is 51.2 Å². The summed E-state index contributed by atoms with van der Waals surface area (Å²) in [5, 5.41) is 0. The molecule has 3 aromatic rings. The molecule has 0 spiro atoms. The summed E-state index contributed by atoms with van der Waals surface area (Å²) in [5.41, 5.74) is 2.63. The SMILES string of the molecule is CC(CN1CCC(n2c(=O)[nH]c3ccccc32)CC1)C1CCN(C(=O)c2cccnc2)CC1. The Morgan fingerprint density at radius 3 is 2.55 bits per heavy atom. The van der Waals surface area contributed by atoms with Crippen molar-refractivity contribution in [1.29, 1.82) is 0 Å². The highest BCUT2D eigenvalue weighted by molar-refractivity contribution is 5.93. The largest absolute Gasteiger partial charge is 0.339 e. The normalized spacial score (nSPS) is 19.7. The van der Waals surface area contributed by atoms with E-state index in [4.69, 9.17) is 0 Å². The Morgan fingerprint density at radius 2 is 1.82 bits per heavy atom. The molecule has 0 bridgehead atoms. The van der Waals surface area contributed by atoms with Gasteiger partial charge in [0.1, 0.15) is 0 Å². The summed E-state index contributed by atoms with van der Waals surface area (Å²) in [4.78, 5) is 36.8. The van der Waals surface area contributed by atoms with Crippen molar-refractivity contribution in [2.45, 2.75) is 38.6 Å². The molecule has 1 unspecified atom stereocenters. The van der Waals surface area contributed by atoms with Gasteiger partial charge in [-0.25, -0.2) is 4.79 Å². The number of fused-ring (bicyclic) bond motifs is 1. The van der Waals surface area contributed by atoms with Gasteiger partial charge < -0.3 is 14.8 Å². The van der Waals surface area contributed by atoms with E-state index in [0.717, 1.165) is 69.4 Å². The van der Waals surface area contributed by atoms with Crippen LogP contribution in [-0.2, 0) is 0 Å². The third kappa shape index (κ3) is 4.60. The molecule has 0 aliphatic carbocycles. The third-order valence-electron chi connectivity index (χ3n) is 7.63. The van der Waals surface area contributed by atoms with E-state index < -0.39 is 0 Å². The number of aromatic amines is 1. The predicted molar refractivity (Wildman–Crippen MR) is 129 cm³/mol. The number of benzene rings is 1. The first-order valence-corrected chi connectivity index (χ1v) is 12.2. The lowest BCUT2D eigenvalue weighted by Gasteiger charge is -2.38. The molecule has 0 radical (unpaired) electrons. The zero-order valence-corrected chi connectivity index (χ0v) is 19.3. The minimum Gasteiger partial charge on any atom is -0.339 e. The van der Waals surface area contributed by atoms with Crippen LogP contribution in [0.25, 0.3) is 11.0 Å². The van der Waals surface area contributed by atoms with Crippen LogP contribution in [0.2, 0.25) is 0 Å². The van der Waals surface area contributed by atoms with Gasteiger partial charge in [-0.05, 0) is 61.8 Å². The Labute approximate surface area is 194 Å². The first-order chi connectivity index (χ1) is 16.1. The first-order valence-electron chi connectivity index (χ1n) is 12.2. The van der Waals surface area contributed by atoms with Gasteiger partial charge in [0.15, 0.2) is 0 Å². The minimum atomic E-state index is 0.00982. The number of aromatic nitrogens is 3. The maximum atomic E-state index is 12.7. The molecule has 174 valence electrons. The van der Waals surface area contributed by atoms with Gasteiger partial charge >= 0.3 is 5.69 Å². The van der Waals surface area contributed by atoms with Crippen molar-refractivity contribution in [2.24, 2.45) is 11.8 Å². The quantitative estimate of drug-likeness (QED) is 0.649. The number of hydrogen-bond donors (Lipinski definition) is 1. The van der Waals surface area contributed by atoms with Crippen LogP contribution in [0.4, 0.5) is 0 Å². The molecular formula is C26H33N5O2. The Hall–Kier alpha value is -2.93. The number of H-pyrrole nitrogens is 1. The monoisotopic (exact) mass is 447 g/mol. The maximum absolute atomic E-state index is 12.7. The molecule has 2 aromatic heterocycles. The average Bonchev–Trinajstić information content (AvgIpc) is 3.20. The number of para-hydroxylation sites is 2. The number of piperidine rings is 2. The first kappa shape index (κ1) is 21.9. The van der Waals surface area contributed by atoms with Gasteiger partial charge in [-0.3, -0.25) is 14.3 Å². The molecule has 5 rings (SSSR count). The standard InChI is InChI=1S/C26H33N5O2/c1-19(20-8-15-30(16-9-20)25(32)21-5-4-12-27-17-21)18-29-13-10-22(11-14-29)31-24-7-3-2-6-23(24)28-26(31)33/h2-7,12,17,19-20,22H,8-11,13-16,18H2,1H3,(H,28,33). The number of amides is 1. The van der Waals surface area contributed by atoms with Crippen molar-refractivity contribution < 1.29 is 4.79 Å². The molecule has 1 aromatic carbocycles. The Morgan fingerprint density at radius 1 is 1.06 bits per heavy atom. The maximum Gasteiger partial charge on any atom is 0.326 e. The van der Waals surface area contributed by atoms with Crippen LogP contribution in [0.5, 0.6) is 0 Å². The van der Waals surface area contributed by atoms with Crippen molar-refractivity contribution >= 4 is 16.9 Å². The van der Waals surface area contributed by atoms with Crippen molar-refractivity contribution in [3.63, 3.8) is 0 Å². The molecule has 1 atom stereocenters. The van der Waals surface area contributed by atoms with E-state index in [0.29, 0.717) is 17.4 Å². The van der Waals surface area contributed by atoms with E-state index in [1.165, 1.54) is 0 Å². The molecule has 2 aliphatic rings. The second-order valence-corrected chi connectivity index (χ2v) is 9.70. The van der Waals surface area contributed by atoms with Crippen LogP contribution in [0.15, 0.2) is 53.6 Å². The zero-order chi connectivity index (χ0) is 22.8. The second-order valence-electron chi connectivity index (χ2n) is 9.70. The molecule has 2 saturated heterocycles.